The van der Waals surface area contributed by atoms with Crippen LogP contribution in [0.5, 0.6) is 0 Å². The molecule has 1 aromatic carbocycles. The van der Waals surface area contributed by atoms with Gasteiger partial charge in [-0.2, -0.15) is 0 Å². The number of aromatic nitrogens is 1. The first-order valence-electron chi connectivity index (χ1n) is 6.60. The second kappa shape index (κ2) is 4.53. The molecule has 0 bridgehead atoms. The highest BCUT2D eigenvalue weighted by atomic mass is 16.2. The van der Waals surface area contributed by atoms with Gasteiger partial charge in [-0.05, 0) is 36.3 Å². The molecule has 1 saturated carbocycles. The lowest BCUT2D eigenvalue weighted by Crippen LogP contribution is -1.93. The average Bonchev–Trinajstić information content (AvgIpc) is 2.98. The van der Waals surface area contributed by atoms with E-state index in [0.29, 0.717) is 0 Å². The number of aliphatic hydroxyl groups excluding tert-OH is 1. The van der Waals surface area contributed by atoms with Crippen molar-refractivity contribution < 1.29 is 5.11 Å². The van der Waals surface area contributed by atoms with Gasteiger partial charge >= 0.3 is 0 Å². The van der Waals surface area contributed by atoms with Crippen LogP contribution in [0, 0.1) is 0 Å². The Hall–Kier alpha value is -1.28. The van der Waals surface area contributed by atoms with E-state index < -0.39 is 0 Å². The summed E-state index contributed by atoms with van der Waals surface area (Å²) in [6.07, 6.45) is 8.19. The lowest BCUT2D eigenvalue weighted by molar-refractivity contribution is 0.300. The Bertz CT molecular complexity index is 509. The highest BCUT2D eigenvalue weighted by molar-refractivity contribution is 5.86. The summed E-state index contributed by atoms with van der Waals surface area (Å²) in [5.74, 6) is 0.735. The minimum absolute atomic E-state index is 0.223. The molecule has 0 saturated heterocycles. The summed E-state index contributed by atoms with van der Waals surface area (Å²) < 4.78 is 0. The predicted octanol–water partition coefficient (Wildman–Crippen LogP) is 3.36. The van der Waals surface area contributed by atoms with Crippen molar-refractivity contribution in [3.63, 3.8) is 0 Å². The zero-order valence-electron chi connectivity index (χ0n) is 10.1. The molecule has 3 rings (SSSR count). The van der Waals surface area contributed by atoms with Crippen molar-refractivity contribution in [2.45, 2.75) is 38.0 Å². The van der Waals surface area contributed by atoms with Crippen molar-refractivity contribution in [1.82, 2.24) is 4.98 Å². The Morgan fingerprint density at radius 2 is 2.06 bits per heavy atom. The molecule has 1 aromatic heterocycles. The van der Waals surface area contributed by atoms with Gasteiger partial charge in [-0.1, -0.05) is 31.0 Å². The molecule has 2 aromatic rings. The molecule has 0 radical (unpaired) electrons. The maximum absolute atomic E-state index is 9.06. The van der Waals surface area contributed by atoms with Crippen molar-refractivity contribution in [1.29, 1.82) is 0 Å². The van der Waals surface area contributed by atoms with E-state index in [0.717, 1.165) is 12.3 Å². The molecule has 0 aliphatic heterocycles. The van der Waals surface area contributed by atoms with Crippen LogP contribution in [-0.4, -0.2) is 16.7 Å². The smallest absolute Gasteiger partial charge is 0.0492 e. The number of rotatable bonds is 3. The van der Waals surface area contributed by atoms with Crippen LogP contribution in [-0.2, 0) is 6.42 Å². The third-order valence-corrected chi connectivity index (χ3v) is 4.01. The molecule has 2 nitrogen and oxygen atoms in total. The van der Waals surface area contributed by atoms with E-state index in [1.54, 1.807) is 0 Å². The van der Waals surface area contributed by atoms with E-state index in [9.17, 15) is 0 Å². The highest BCUT2D eigenvalue weighted by Gasteiger charge is 2.20. The molecule has 1 fully saturated rings. The number of H-pyrrole nitrogens is 1. The van der Waals surface area contributed by atoms with Crippen LogP contribution >= 0.6 is 0 Å². The molecule has 2 heteroatoms. The summed E-state index contributed by atoms with van der Waals surface area (Å²) in [5, 5.41) is 10.4. The number of fused-ring (bicyclic) bond motifs is 1. The molecule has 0 amide bonds. The molecular weight excluding hydrogens is 210 g/mol. The average molecular weight is 229 g/mol. The molecule has 1 aliphatic carbocycles. The van der Waals surface area contributed by atoms with Crippen LogP contribution < -0.4 is 0 Å². The molecule has 0 atom stereocenters. The van der Waals surface area contributed by atoms with E-state index in [1.807, 2.05) is 0 Å². The molecule has 2 N–H and O–H groups in total. The van der Waals surface area contributed by atoms with Crippen LogP contribution in [0.3, 0.4) is 0 Å². The predicted molar refractivity (Wildman–Crippen MR) is 70.3 cm³/mol. The molecule has 1 heterocycles. The van der Waals surface area contributed by atoms with Crippen LogP contribution in [0.4, 0.5) is 0 Å². The fourth-order valence-electron chi connectivity index (χ4n) is 3.14. The van der Waals surface area contributed by atoms with E-state index in [2.05, 4.69) is 29.4 Å². The van der Waals surface area contributed by atoms with Crippen molar-refractivity contribution in [2.24, 2.45) is 0 Å². The van der Waals surface area contributed by atoms with E-state index in [4.69, 9.17) is 5.11 Å². The second-order valence-corrected chi connectivity index (χ2v) is 5.04. The fraction of sp³-hybridized carbons (Fsp3) is 0.467. The van der Waals surface area contributed by atoms with Gasteiger partial charge in [0, 0.05) is 23.7 Å². The number of hydrogen-bond donors (Lipinski definition) is 2. The second-order valence-electron chi connectivity index (χ2n) is 5.04. The molecule has 0 unspecified atom stereocenters. The summed E-state index contributed by atoms with van der Waals surface area (Å²) in [6.45, 7) is 0.223. The normalized spacial score (nSPS) is 17.0. The zero-order valence-corrected chi connectivity index (χ0v) is 10.1. The van der Waals surface area contributed by atoms with Gasteiger partial charge < -0.3 is 10.1 Å². The van der Waals surface area contributed by atoms with Gasteiger partial charge in [0.15, 0.2) is 0 Å². The Morgan fingerprint density at radius 1 is 1.24 bits per heavy atom. The van der Waals surface area contributed by atoms with E-state index in [1.165, 1.54) is 47.7 Å². The van der Waals surface area contributed by atoms with Crippen molar-refractivity contribution in [2.75, 3.05) is 6.61 Å². The summed E-state index contributed by atoms with van der Waals surface area (Å²) in [7, 11) is 0. The van der Waals surface area contributed by atoms with Gasteiger partial charge in [0.2, 0.25) is 0 Å². The number of aromatic amines is 1. The zero-order chi connectivity index (χ0) is 11.7. The Kier molecular flexibility index (Phi) is 2.89. The standard InChI is InChI=1S/C15H19NO/c17-9-8-12-10-16-15-13(6-3-7-14(12)15)11-4-1-2-5-11/h3,6-7,10-11,16-17H,1-2,4-5,8-9H2. The summed E-state index contributed by atoms with van der Waals surface area (Å²) >= 11 is 0. The SMILES string of the molecule is OCCc1c[nH]c2c(C3CCCC3)cccc12. The molecule has 1 aliphatic rings. The van der Waals surface area contributed by atoms with Gasteiger partial charge in [-0.15, -0.1) is 0 Å². The minimum atomic E-state index is 0.223. The van der Waals surface area contributed by atoms with Gasteiger partial charge in [-0.25, -0.2) is 0 Å². The number of benzene rings is 1. The maximum Gasteiger partial charge on any atom is 0.0492 e. The highest BCUT2D eigenvalue weighted by Crippen LogP contribution is 2.37. The first kappa shape index (κ1) is 10.8. The molecule has 90 valence electrons. The fourth-order valence-corrected chi connectivity index (χ4v) is 3.14. The third kappa shape index (κ3) is 1.87. The lowest BCUT2D eigenvalue weighted by Gasteiger charge is -2.10. The number of nitrogens with one attached hydrogen (secondary N) is 1. The van der Waals surface area contributed by atoms with Gasteiger partial charge in [0.25, 0.3) is 0 Å². The first-order valence-corrected chi connectivity index (χ1v) is 6.60. The Balaban J connectivity index is 2.06. The van der Waals surface area contributed by atoms with E-state index in [-0.39, 0.29) is 6.61 Å². The topological polar surface area (TPSA) is 36.0 Å². The van der Waals surface area contributed by atoms with Crippen LogP contribution in [0.1, 0.15) is 42.7 Å². The van der Waals surface area contributed by atoms with Crippen molar-refractivity contribution in [3.8, 4) is 0 Å². The minimum Gasteiger partial charge on any atom is -0.396 e. The van der Waals surface area contributed by atoms with Gasteiger partial charge in [-0.3, -0.25) is 0 Å². The van der Waals surface area contributed by atoms with Crippen molar-refractivity contribution >= 4 is 10.9 Å². The monoisotopic (exact) mass is 229 g/mol. The Morgan fingerprint density at radius 3 is 2.82 bits per heavy atom. The van der Waals surface area contributed by atoms with Gasteiger partial charge in [0.05, 0.1) is 0 Å². The number of para-hydroxylation sites is 1. The Labute approximate surface area is 102 Å². The third-order valence-electron chi connectivity index (χ3n) is 4.01. The number of aliphatic hydroxyl groups is 1. The van der Waals surface area contributed by atoms with Gasteiger partial charge in [0.1, 0.15) is 0 Å². The lowest BCUT2D eigenvalue weighted by atomic mass is 9.95. The summed E-state index contributed by atoms with van der Waals surface area (Å²) in [5.41, 5.74) is 4.01. The molecular formula is C15H19NO. The maximum atomic E-state index is 9.06. The number of hydrogen-bond acceptors (Lipinski definition) is 1. The van der Waals surface area contributed by atoms with Crippen molar-refractivity contribution in [3.05, 3.63) is 35.5 Å². The molecule has 17 heavy (non-hydrogen) atoms. The summed E-state index contributed by atoms with van der Waals surface area (Å²) in [4.78, 5) is 3.41. The van der Waals surface area contributed by atoms with Crippen LogP contribution in [0.15, 0.2) is 24.4 Å². The van der Waals surface area contributed by atoms with E-state index >= 15 is 0 Å². The quantitative estimate of drug-likeness (QED) is 0.831. The largest absolute Gasteiger partial charge is 0.396 e. The first-order chi connectivity index (χ1) is 8.40. The summed E-state index contributed by atoms with van der Waals surface area (Å²) in [6, 6.07) is 6.58. The molecule has 0 spiro atoms. The van der Waals surface area contributed by atoms with Crippen LogP contribution in [0.2, 0.25) is 0 Å². The van der Waals surface area contributed by atoms with Crippen LogP contribution in [0.25, 0.3) is 10.9 Å².